The van der Waals surface area contributed by atoms with E-state index in [0.29, 0.717) is 0 Å². The molecule has 8 atom stereocenters. The molecule has 3 aromatic rings. The van der Waals surface area contributed by atoms with Crippen LogP contribution in [0, 0.1) is 0 Å². The van der Waals surface area contributed by atoms with Crippen molar-refractivity contribution in [3.05, 3.63) is 108 Å². The zero-order valence-electron chi connectivity index (χ0n) is 28.4. The molecule has 2 fully saturated rings. The number of Topliss-reactive ketones (excluding diaryl/α,β-unsaturated/α-hetero) is 1. The van der Waals surface area contributed by atoms with Crippen molar-refractivity contribution in [3.8, 4) is 0 Å². The van der Waals surface area contributed by atoms with Crippen LogP contribution in [0.3, 0.4) is 0 Å². The molecule has 3 aromatic carbocycles. The molecule has 2 aliphatic heterocycles. The number of ether oxygens (including phenoxy) is 9. The normalized spacial score (nSPS) is 26.7. The van der Waals surface area contributed by atoms with Gasteiger partial charge in [0.15, 0.2) is 24.5 Å². The maximum atomic E-state index is 13.1. The highest BCUT2D eigenvalue weighted by molar-refractivity contribution is 5.86. The number of hydrogen-bond acceptors (Lipinski definition) is 12. The van der Waals surface area contributed by atoms with Crippen LogP contribution in [0.2, 0.25) is 0 Å². The fourth-order valence-electron chi connectivity index (χ4n) is 5.82. The smallest absolute Gasteiger partial charge is 0.303 e. The molecule has 2 heterocycles. The van der Waals surface area contributed by atoms with Crippen LogP contribution in [-0.2, 0) is 76.8 Å². The number of carbonyl (C=O) groups is 3. The summed E-state index contributed by atoms with van der Waals surface area (Å²) in [5, 5.41) is 0. The van der Waals surface area contributed by atoms with Crippen LogP contribution in [0.4, 0.5) is 0 Å². The van der Waals surface area contributed by atoms with Gasteiger partial charge in [0.05, 0.1) is 32.8 Å². The summed E-state index contributed by atoms with van der Waals surface area (Å²) >= 11 is 0. The molecule has 2 aliphatic rings. The molecule has 2 saturated heterocycles. The molecule has 5 rings (SSSR count). The molecule has 12 heteroatoms. The lowest BCUT2D eigenvalue weighted by molar-refractivity contribution is -0.329. The molecular formula is C38H44O12. The quantitative estimate of drug-likeness (QED) is 0.198. The average molecular weight is 693 g/mol. The Morgan fingerprint density at radius 2 is 1.16 bits per heavy atom. The fourth-order valence-corrected chi connectivity index (χ4v) is 5.82. The third-order valence-electron chi connectivity index (χ3n) is 8.22. The Bertz CT molecular complexity index is 1490. The molecule has 0 radical (unpaired) electrons. The lowest BCUT2D eigenvalue weighted by atomic mass is 9.97. The van der Waals surface area contributed by atoms with Gasteiger partial charge in [-0.15, -0.1) is 0 Å². The van der Waals surface area contributed by atoms with Crippen molar-refractivity contribution in [2.75, 3.05) is 20.3 Å². The monoisotopic (exact) mass is 692 g/mol. The van der Waals surface area contributed by atoms with Gasteiger partial charge in [-0.05, 0) is 16.7 Å². The van der Waals surface area contributed by atoms with Gasteiger partial charge in [-0.2, -0.15) is 0 Å². The van der Waals surface area contributed by atoms with Gasteiger partial charge >= 0.3 is 11.9 Å². The van der Waals surface area contributed by atoms with Crippen molar-refractivity contribution in [1.82, 2.24) is 0 Å². The summed E-state index contributed by atoms with van der Waals surface area (Å²) < 4.78 is 54.4. The molecule has 0 saturated carbocycles. The summed E-state index contributed by atoms with van der Waals surface area (Å²) in [6.45, 7) is 2.81. The Balaban J connectivity index is 1.38. The van der Waals surface area contributed by atoms with Gasteiger partial charge in [0.25, 0.3) is 0 Å². The van der Waals surface area contributed by atoms with E-state index in [2.05, 4.69) is 0 Å². The van der Waals surface area contributed by atoms with Crippen LogP contribution in [0.5, 0.6) is 0 Å². The summed E-state index contributed by atoms with van der Waals surface area (Å²) in [6, 6.07) is 29.2. The fraction of sp³-hybridized carbons (Fsp3) is 0.447. The molecule has 50 heavy (non-hydrogen) atoms. The maximum absolute atomic E-state index is 13.1. The standard InChI is InChI=1S/C38H44O12/c1-25(39)43-23-31-34(48-26(2)40)30(41)19-33(49-31)44-24-32-35(45-20-27-13-7-4-8-14-27)36(46-21-28-15-9-5-10-16-28)37(38(42-3)50-32)47-22-29-17-11-6-12-18-29/h4-18,31-38H,19-24H2,1-3H3/t31-,32-,33+,34+,35-,36+,37-,38+/m1/s1. The minimum atomic E-state index is -1.24. The summed E-state index contributed by atoms with van der Waals surface area (Å²) in [6.07, 6.45) is -7.31. The largest absolute Gasteiger partial charge is 0.463 e. The van der Waals surface area contributed by atoms with Crippen LogP contribution in [0.15, 0.2) is 91.0 Å². The first-order valence-electron chi connectivity index (χ1n) is 16.6. The third kappa shape index (κ3) is 10.7. The number of methoxy groups -OCH3 is 1. The van der Waals surface area contributed by atoms with Crippen molar-refractivity contribution in [1.29, 1.82) is 0 Å². The number of esters is 2. The molecule has 0 aromatic heterocycles. The van der Waals surface area contributed by atoms with Crippen LogP contribution in [0.25, 0.3) is 0 Å². The topological polar surface area (TPSA) is 134 Å². The van der Waals surface area contributed by atoms with Crippen molar-refractivity contribution in [2.24, 2.45) is 0 Å². The molecule has 0 amide bonds. The zero-order chi connectivity index (χ0) is 35.3. The van der Waals surface area contributed by atoms with E-state index in [1.54, 1.807) is 0 Å². The highest BCUT2D eigenvalue weighted by Crippen LogP contribution is 2.32. The Kier molecular flexibility index (Phi) is 14.0. The van der Waals surface area contributed by atoms with Crippen molar-refractivity contribution in [3.63, 3.8) is 0 Å². The average Bonchev–Trinajstić information content (AvgIpc) is 3.12. The molecule has 0 unspecified atom stereocenters. The number of rotatable bonds is 16. The van der Waals surface area contributed by atoms with Gasteiger partial charge < -0.3 is 42.6 Å². The van der Waals surface area contributed by atoms with Gasteiger partial charge in [-0.1, -0.05) is 91.0 Å². The lowest BCUT2D eigenvalue weighted by Crippen LogP contribution is -2.62. The van der Waals surface area contributed by atoms with E-state index in [-0.39, 0.29) is 39.5 Å². The number of hydrogen-bond donors (Lipinski definition) is 0. The van der Waals surface area contributed by atoms with E-state index >= 15 is 0 Å². The summed E-state index contributed by atoms with van der Waals surface area (Å²) in [5.41, 5.74) is 2.86. The second-order valence-corrected chi connectivity index (χ2v) is 12.0. The minimum Gasteiger partial charge on any atom is -0.463 e. The number of ketones is 1. The Labute approximate surface area is 291 Å². The zero-order valence-corrected chi connectivity index (χ0v) is 28.4. The molecule has 12 nitrogen and oxygen atoms in total. The SMILES string of the molecule is CO[C@H]1O[C@H](CO[C@@H]2CC(=O)[C@H](OC(C)=O)[C@@H](COC(C)=O)O2)[C@@H](OCc2ccccc2)[C@H](OCc2ccccc2)[C@H]1OCc1ccccc1. The molecule has 0 N–H and O–H groups in total. The van der Waals surface area contributed by atoms with Crippen molar-refractivity contribution in [2.45, 2.75) is 89.3 Å². The lowest BCUT2D eigenvalue weighted by Gasteiger charge is -2.46. The predicted octanol–water partition coefficient (Wildman–Crippen LogP) is 4.31. The van der Waals surface area contributed by atoms with E-state index < -0.39 is 66.9 Å². The Hall–Kier alpha value is -4.01. The maximum Gasteiger partial charge on any atom is 0.303 e. The number of benzene rings is 3. The first kappa shape index (κ1) is 37.3. The van der Waals surface area contributed by atoms with Gasteiger partial charge in [0, 0.05) is 21.0 Å². The Morgan fingerprint density at radius 3 is 1.66 bits per heavy atom. The van der Waals surface area contributed by atoms with E-state index in [1.165, 1.54) is 21.0 Å². The minimum absolute atomic E-state index is 0.0909. The first-order valence-corrected chi connectivity index (χ1v) is 16.6. The second-order valence-electron chi connectivity index (χ2n) is 12.0. The van der Waals surface area contributed by atoms with Crippen molar-refractivity contribution >= 4 is 17.7 Å². The van der Waals surface area contributed by atoms with Crippen LogP contribution >= 0.6 is 0 Å². The predicted molar refractivity (Wildman–Crippen MR) is 177 cm³/mol. The molecular weight excluding hydrogens is 648 g/mol. The van der Waals surface area contributed by atoms with Crippen LogP contribution in [-0.4, -0.2) is 87.2 Å². The van der Waals surface area contributed by atoms with E-state index in [4.69, 9.17) is 42.6 Å². The molecule has 0 aliphatic carbocycles. The van der Waals surface area contributed by atoms with Crippen LogP contribution in [0.1, 0.15) is 37.0 Å². The Morgan fingerprint density at radius 1 is 0.640 bits per heavy atom. The van der Waals surface area contributed by atoms with Gasteiger partial charge in [0.1, 0.15) is 37.1 Å². The molecule has 268 valence electrons. The molecule has 0 spiro atoms. The van der Waals surface area contributed by atoms with E-state index in [1.807, 2.05) is 91.0 Å². The summed E-state index contributed by atoms with van der Waals surface area (Å²) in [5.74, 6) is -1.66. The van der Waals surface area contributed by atoms with Gasteiger partial charge in [-0.25, -0.2) is 0 Å². The third-order valence-corrected chi connectivity index (χ3v) is 8.22. The first-order chi connectivity index (χ1) is 24.3. The van der Waals surface area contributed by atoms with Gasteiger partial charge in [-0.3, -0.25) is 14.4 Å². The number of carbonyl (C=O) groups excluding carboxylic acids is 3. The van der Waals surface area contributed by atoms with E-state index in [0.717, 1.165) is 16.7 Å². The van der Waals surface area contributed by atoms with E-state index in [9.17, 15) is 14.4 Å². The molecule has 0 bridgehead atoms. The highest BCUT2D eigenvalue weighted by atomic mass is 16.7. The van der Waals surface area contributed by atoms with Crippen molar-refractivity contribution < 1.29 is 57.0 Å². The second kappa shape index (κ2) is 18.8. The summed E-state index contributed by atoms with van der Waals surface area (Å²) in [4.78, 5) is 36.3. The van der Waals surface area contributed by atoms with Crippen LogP contribution < -0.4 is 0 Å². The summed E-state index contributed by atoms with van der Waals surface area (Å²) in [7, 11) is 1.53. The highest BCUT2D eigenvalue weighted by Gasteiger charge is 2.49. The van der Waals surface area contributed by atoms with Gasteiger partial charge in [0.2, 0.25) is 0 Å².